The molecule has 6 heteroatoms. The van der Waals surface area contributed by atoms with E-state index in [0.29, 0.717) is 6.54 Å². The van der Waals surface area contributed by atoms with Crippen LogP contribution < -0.4 is 5.56 Å². The number of hydrogen-bond donors (Lipinski definition) is 0. The highest BCUT2D eigenvalue weighted by Gasteiger charge is 2.22. The van der Waals surface area contributed by atoms with Crippen LogP contribution in [0.1, 0.15) is 40.8 Å². The van der Waals surface area contributed by atoms with Gasteiger partial charge in [0.15, 0.2) is 0 Å². The van der Waals surface area contributed by atoms with E-state index in [0.717, 1.165) is 52.9 Å². The molecule has 114 valence electrons. The first-order valence-electron chi connectivity index (χ1n) is 7.62. The average molecular weight is 315 g/mol. The van der Waals surface area contributed by atoms with Crippen molar-refractivity contribution in [1.82, 2.24) is 14.7 Å². The summed E-state index contributed by atoms with van der Waals surface area (Å²) in [6.45, 7) is 4.41. The van der Waals surface area contributed by atoms with Crippen LogP contribution in [0, 0.1) is 6.92 Å². The summed E-state index contributed by atoms with van der Waals surface area (Å²) in [5.41, 5.74) is 3.20. The van der Waals surface area contributed by atoms with Crippen molar-refractivity contribution in [3.8, 4) is 0 Å². The van der Waals surface area contributed by atoms with Crippen molar-refractivity contribution in [1.29, 1.82) is 0 Å². The number of nitrogens with zero attached hydrogens (tertiary/aromatic N) is 3. The van der Waals surface area contributed by atoms with Gasteiger partial charge in [-0.05, 0) is 38.2 Å². The fourth-order valence-corrected chi connectivity index (χ4v) is 4.44. The van der Waals surface area contributed by atoms with Gasteiger partial charge in [-0.1, -0.05) is 12.1 Å². The van der Waals surface area contributed by atoms with Gasteiger partial charge in [-0.15, -0.1) is 11.3 Å². The highest BCUT2D eigenvalue weighted by molar-refractivity contribution is 7.18. The van der Waals surface area contributed by atoms with Crippen molar-refractivity contribution >= 4 is 21.6 Å². The molecule has 1 aliphatic rings. The molecule has 0 radical (unpaired) electrons. The minimum absolute atomic E-state index is 0.0621. The lowest BCUT2D eigenvalue weighted by Gasteiger charge is -2.06. The van der Waals surface area contributed by atoms with E-state index in [-0.39, 0.29) is 5.56 Å². The number of aromatic nitrogens is 3. The van der Waals surface area contributed by atoms with Crippen molar-refractivity contribution in [3.63, 3.8) is 0 Å². The zero-order valence-corrected chi connectivity index (χ0v) is 13.5. The van der Waals surface area contributed by atoms with Crippen LogP contribution in [0.2, 0.25) is 0 Å². The van der Waals surface area contributed by atoms with Crippen molar-refractivity contribution in [2.75, 3.05) is 0 Å². The van der Waals surface area contributed by atoms with Crippen LogP contribution in [0.25, 0.3) is 10.2 Å². The van der Waals surface area contributed by atoms with E-state index in [1.165, 1.54) is 10.4 Å². The van der Waals surface area contributed by atoms with Gasteiger partial charge in [0.1, 0.15) is 10.6 Å². The standard InChI is InChI=1S/C16H17N3O2S/c1-3-12-11(9(2)21-18-12)7-19-8-17-15-14(16(19)20)10-5-4-6-13(10)22-15/h8H,3-7H2,1-2H3. The van der Waals surface area contributed by atoms with Crippen molar-refractivity contribution in [3.05, 3.63) is 44.1 Å². The zero-order chi connectivity index (χ0) is 15.3. The molecule has 0 aliphatic heterocycles. The zero-order valence-electron chi connectivity index (χ0n) is 12.7. The van der Waals surface area contributed by atoms with Crippen LogP contribution >= 0.6 is 11.3 Å². The molecular weight excluding hydrogens is 298 g/mol. The normalized spacial score (nSPS) is 13.9. The Balaban J connectivity index is 1.84. The predicted molar refractivity (Wildman–Crippen MR) is 85.6 cm³/mol. The van der Waals surface area contributed by atoms with Crippen molar-refractivity contribution in [2.24, 2.45) is 0 Å². The first kappa shape index (κ1) is 13.7. The fraction of sp³-hybridized carbons (Fsp3) is 0.438. The van der Waals surface area contributed by atoms with Gasteiger partial charge in [0.25, 0.3) is 5.56 Å². The molecule has 0 saturated heterocycles. The van der Waals surface area contributed by atoms with E-state index >= 15 is 0 Å². The van der Waals surface area contributed by atoms with E-state index in [1.807, 2.05) is 13.8 Å². The van der Waals surface area contributed by atoms with E-state index < -0.39 is 0 Å². The molecule has 3 aromatic heterocycles. The summed E-state index contributed by atoms with van der Waals surface area (Å²) in [6.07, 6.45) is 5.69. The summed E-state index contributed by atoms with van der Waals surface area (Å²) in [5, 5.41) is 4.89. The highest BCUT2D eigenvalue weighted by Crippen LogP contribution is 2.34. The van der Waals surface area contributed by atoms with Gasteiger partial charge < -0.3 is 4.52 Å². The Morgan fingerprint density at radius 1 is 1.41 bits per heavy atom. The maximum absolute atomic E-state index is 12.9. The van der Waals surface area contributed by atoms with Crippen molar-refractivity contribution < 1.29 is 4.52 Å². The second-order valence-electron chi connectivity index (χ2n) is 5.73. The second kappa shape index (κ2) is 5.05. The molecule has 0 saturated carbocycles. The molecular formula is C16H17N3O2S. The Morgan fingerprint density at radius 2 is 2.27 bits per heavy atom. The van der Waals surface area contributed by atoms with E-state index in [2.05, 4.69) is 10.1 Å². The van der Waals surface area contributed by atoms with Gasteiger partial charge in [-0.25, -0.2) is 4.98 Å². The minimum atomic E-state index is 0.0621. The van der Waals surface area contributed by atoms with E-state index in [9.17, 15) is 4.79 Å². The lowest BCUT2D eigenvalue weighted by atomic mass is 10.1. The predicted octanol–water partition coefficient (Wildman–Crippen LogP) is 2.85. The first-order valence-corrected chi connectivity index (χ1v) is 8.44. The lowest BCUT2D eigenvalue weighted by Crippen LogP contribution is -2.21. The Labute approximate surface area is 131 Å². The van der Waals surface area contributed by atoms with Crippen LogP contribution in [-0.4, -0.2) is 14.7 Å². The van der Waals surface area contributed by atoms with Crippen LogP contribution in [0.3, 0.4) is 0 Å². The molecule has 0 spiro atoms. The lowest BCUT2D eigenvalue weighted by molar-refractivity contribution is 0.390. The van der Waals surface area contributed by atoms with Crippen LogP contribution in [-0.2, 0) is 25.8 Å². The molecule has 3 heterocycles. The molecule has 3 aromatic rings. The fourth-order valence-electron chi connectivity index (χ4n) is 3.22. The summed E-state index contributed by atoms with van der Waals surface area (Å²) < 4.78 is 6.95. The molecule has 5 nitrogen and oxygen atoms in total. The third-order valence-corrected chi connectivity index (χ3v) is 5.62. The van der Waals surface area contributed by atoms with Gasteiger partial charge in [-0.2, -0.15) is 0 Å². The number of rotatable bonds is 3. The van der Waals surface area contributed by atoms with Gasteiger partial charge in [0, 0.05) is 10.4 Å². The maximum atomic E-state index is 12.9. The van der Waals surface area contributed by atoms with Crippen LogP contribution in [0.4, 0.5) is 0 Å². The molecule has 0 fully saturated rings. The van der Waals surface area contributed by atoms with E-state index in [4.69, 9.17) is 4.52 Å². The van der Waals surface area contributed by atoms with Crippen LogP contribution in [0.5, 0.6) is 0 Å². The van der Waals surface area contributed by atoms with Crippen molar-refractivity contribution in [2.45, 2.75) is 46.1 Å². The third kappa shape index (κ3) is 1.94. The number of thiophene rings is 1. The summed E-state index contributed by atoms with van der Waals surface area (Å²) in [6, 6.07) is 0. The minimum Gasteiger partial charge on any atom is -0.361 e. The van der Waals surface area contributed by atoms with E-state index in [1.54, 1.807) is 22.2 Å². The summed E-state index contributed by atoms with van der Waals surface area (Å²) >= 11 is 1.67. The maximum Gasteiger partial charge on any atom is 0.262 e. The Kier molecular flexibility index (Phi) is 3.14. The number of fused-ring (bicyclic) bond motifs is 3. The summed E-state index contributed by atoms with van der Waals surface area (Å²) in [4.78, 5) is 19.6. The van der Waals surface area contributed by atoms with Gasteiger partial charge in [0.2, 0.25) is 0 Å². The smallest absolute Gasteiger partial charge is 0.262 e. The first-order chi connectivity index (χ1) is 10.7. The molecule has 0 amide bonds. The molecule has 22 heavy (non-hydrogen) atoms. The summed E-state index contributed by atoms with van der Waals surface area (Å²) in [5.74, 6) is 0.777. The van der Waals surface area contributed by atoms with Crippen LogP contribution in [0.15, 0.2) is 15.6 Å². The van der Waals surface area contributed by atoms with Gasteiger partial charge in [-0.3, -0.25) is 9.36 Å². The molecule has 0 bridgehead atoms. The molecule has 0 unspecified atom stereocenters. The third-order valence-electron chi connectivity index (χ3n) is 4.42. The molecule has 4 rings (SSSR count). The molecule has 1 aliphatic carbocycles. The number of aryl methyl sites for hydroxylation is 4. The highest BCUT2D eigenvalue weighted by atomic mass is 32.1. The Hall–Kier alpha value is -1.95. The monoisotopic (exact) mass is 315 g/mol. The SMILES string of the molecule is CCc1noc(C)c1Cn1cnc2sc3c(c2c1=O)CCC3. The molecule has 0 aromatic carbocycles. The average Bonchev–Trinajstić information content (AvgIpc) is 3.17. The second-order valence-corrected chi connectivity index (χ2v) is 6.82. The largest absolute Gasteiger partial charge is 0.361 e. The summed E-state index contributed by atoms with van der Waals surface area (Å²) in [7, 11) is 0. The molecule has 0 atom stereocenters. The Bertz CT molecular complexity index is 919. The quantitative estimate of drug-likeness (QED) is 0.745. The number of hydrogen-bond acceptors (Lipinski definition) is 5. The topological polar surface area (TPSA) is 60.9 Å². The van der Waals surface area contributed by atoms with Gasteiger partial charge in [0.05, 0.1) is 24.0 Å². The van der Waals surface area contributed by atoms with Gasteiger partial charge >= 0.3 is 0 Å². The Morgan fingerprint density at radius 3 is 3.09 bits per heavy atom. The molecule has 0 N–H and O–H groups in total.